The molecule has 1 aromatic carbocycles. The Morgan fingerprint density at radius 1 is 1.25 bits per heavy atom. The van der Waals surface area contributed by atoms with Crippen LogP contribution in [0.3, 0.4) is 0 Å². The lowest BCUT2D eigenvalue weighted by Gasteiger charge is -2.22. The Kier molecular flexibility index (Phi) is 2.72. The molecule has 1 saturated carbocycles. The van der Waals surface area contributed by atoms with Gasteiger partial charge in [-0.3, -0.25) is 0 Å². The second-order valence-electron chi connectivity index (χ2n) is 5.31. The largest absolute Gasteiger partial charge is 0.307 e. The maximum absolute atomic E-state index is 3.88. The number of hydrogen-bond donors (Lipinski definition) is 1. The number of aryl methyl sites for hydroxylation is 1. The summed E-state index contributed by atoms with van der Waals surface area (Å²) < 4.78 is 0. The van der Waals surface area contributed by atoms with Crippen molar-refractivity contribution >= 4 is 0 Å². The van der Waals surface area contributed by atoms with E-state index in [-0.39, 0.29) is 0 Å². The monoisotopic (exact) mass is 215 g/mol. The molecule has 16 heavy (non-hydrogen) atoms. The molecule has 2 unspecified atom stereocenters. The molecule has 1 aromatic rings. The van der Waals surface area contributed by atoms with Gasteiger partial charge in [-0.1, -0.05) is 31.2 Å². The van der Waals surface area contributed by atoms with Gasteiger partial charge in [0.15, 0.2) is 0 Å². The van der Waals surface area contributed by atoms with E-state index in [2.05, 4.69) is 36.5 Å². The lowest BCUT2D eigenvalue weighted by Crippen LogP contribution is -2.33. The third-order valence-corrected chi connectivity index (χ3v) is 4.18. The Bertz CT molecular complexity index is 367. The van der Waals surface area contributed by atoms with Gasteiger partial charge < -0.3 is 5.32 Å². The number of hydrogen-bond acceptors (Lipinski definition) is 1. The first kappa shape index (κ1) is 10.3. The van der Waals surface area contributed by atoms with Crippen LogP contribution in [0, 0.1) is 5.92 Å². The Hall–Kier alpha value is -0.820. The summed E-state index contributed by atoms with van der Waals surface area (Å²) in [5, 5.41) is 3.88. The first-order valence-electron chi connectivity index (χ1n) is 6.72. The average molecular weight is 215 g/mol. The molecule has 0 aliphatic heterocycles. The van der Waals surface area contributed by atoms with E-state index in [4.69, 9.17) is 0 Å². The average Bonchev–Trinajstić information content (AvgIpc) is 3.08. The van der Waals surface area contributed by atoms with Gasteiger partial charge in [0.2, 0.25) is 0 Å². The van der Waals surface area contributed by atoms with Crippen LogP contribution < -0.4 is 5.32 Å². The minimum atomic E-state index is 0.627. The van der Waals surface area contributed by atoms with Crippen LogP contribution in [0.1, 0.15) is 49.8 Å². The fraction of sp³-hybridized carbons (Fsp3) is 0.600. The van der Waals surface area contributed by atoms with Gasteiger partial charge in [0.05, 0.1) is 0 Å². The zero-order valence-electron chi connectivity index (χ0n) is 10.1. The molecule has 86 valence electrons. The Morgan fingerprint density at radius 3 is 2.81 bits per heavy atom. The Balaban J connectivity index is 1.72. The molecule has 0 amide bonds. The van der Waals surface area contributed by atoms with Crippen molar-refractivity contribution < 1.29 is 0 Å². The van der Waals surface area contributed by atoms with Crippen LogP contribution in [0.4, 0.5) is 0 Å². The highest BCUT2D eigenvalue weighted by Gasteiger charge is 2.32. The van der Waals surface area contributed by atoms with Crippen molar-refractivity contribution in [3.8, 4) is 0 Å². The van der Waals surface area contributed by atoms with E-state index >= 15 is 0 Å². The Labute approximate surface area is 98.3 Å². The molecule has 0 aromatic heterocycles. The molecule has 1 heteroatoms. The molecule has 3 rings (SSSR count). The van der Waals surface area contributed by atoms with Crippen molar-refractivity contribution in [3.05, 3.63) is 35.4 Å². The zero-order valence-corrected chi connectivity index (χ0v) is 10.1. The van der Waals surface area contributed by atoms with Crippen LogP contribution in [-0.2, 0) is 6.42 Å². The fourth-order valence-corrected chi connectivity index (χ4v) is 3.07. The predicted molar refractivity (Wildman–Crippen MR) is 67.4 cm³/mol. The standard InChI is InChI=1S/C15H21N/c1-2-14(12-7-8-12)16-15-10-9-11-5-3-4-6-13(11)15/h3-6,12,14-16H,2,7-10H2,1H3. The summed E-state index contributed by atoms with van der Waals surface area (Å²) in [6.45, 7) is 2.32. The van der Waals surface area contributed by atoms with Gasteiger partial charge in [-0.2, -0.15) is 0 Å². The summed E-state index contributed by atoms with van der Waals surface area (Å²) in [6.07, 6.45) is 6.72. The molecule has 2 aliphatic carbocycles. The highest BCUT2D eigenvalue weighted by molar-refractivity contribution is 5.34. The summed E-state index contributed by atoms with van der Waals surface area (Å²) in [7, 11) is 0. The summed E-state index contributed by atoms with van der Waals surface area (Å²) in [4.78, 5) is 0. The molecule has 0 saturated heterocycles. The second kappa shape index (κ2) is 4.21. The summed E-state index contributed by atoms with van der Waals surface area (Å²) in [5.74, 6) is 0.970. The van der Waals surface area contributed by atoms with Crippen molar-refractivity contribution in [3.63, 3.8) is 0 Å². The molecule has 0 heterocycles. The van der Waals surface area contributed by atoms with Gasteiger partial charge in [-0.05, 0) is 49.1 Å². The summed E-state index contributed by atoms with van der Waals surface area (Å²) in [6, 6.07) is 10.3. The number of nitrogens with one attached hydrogen (secondary N) is 1. The van der Waals surface area contributed by atoms with Gasteiger partial charge in [0, 0.05) is 12.1 Å². The molecule has 0 radical (unpaired) electrons. The highest BCUT2D eigenvalue weighted by Crippen LogP contribution is 2.37. The number of benzene rings is 1. The maximum Gasteiger partial charge on any atom is 0.0328 e. The minimum absolute atomic E-state index is 0.627. The van der Waals surface area contributed by atoms with Crippen LogP contribution in [-0.4, -0.2) is 6.04 Å². The van der Waals surface area contributed by atoms with Crippen molar-refractivity contribution in [2.75, 3.05) is 0 Å². The molecular formula is C15H21N. The third kappa shape index (κ3) is 1.89. The molecule has 2 atom stereocenters. The molecule has 0 spiro atoms. The molecule has 1 nitrogen and oxygen atoms in total. The van der Waals surface area contributed by atoms with E-state index in [1.54, 1.807) is 11.1 Å². The van der Waals surface area contributed by atoms with E-state index in [1.807, 2.05) is 0 Å². The van der Waals surface area contributed by atoms with Crippen LogP contribution >= 0.6 is 0 Å². The highest BCUT2D eigenvalue weighted by atomic mass is 15.0. The molecule has 0 bridgehead atoms. The fourth-order valence-electron chi connectivity index (χ4n) is 3.07. The van der Waals surface area contributed by atoms with Gasteiger partial charge in [0.25, 0.3) is 0 Å². The maximum atomic E-state index is 3.88. The smallest absolute Gasteiger partial charge is 0.0328 e. The minimum Gasteiger partial charge on any atom is -0.307 e. The molecule has 1 N–H and O–H groups in total. The number of rotatable bonds is 4. The lowest BCUT2D eigenvalue weighted by molar-refractivity contribution is 0.388. The predicted octanol–water partition coefficient (Wildman–Crippen LogP) is 3.45. The topological polar surface area (TPSA) is 12.0 Å². The molecular weight excluding hydrogens is 194 g/mol. The van der Waals surface area contributed by atoms with Crippen molar-refractivity contribution in [2.45, 2.75) is 51.1 Å². The lowest BCUT2D eigenvalue weighted by atomic mass is 10.0. The van der Waals surface area contributed by atoms with Crippen LogP contribution in [0.5, 0.6) is 0 Å². The van der Waals surface area contributed by atoms with Crippen molar-refractivity contribution in [2.24, 2.45) is 5.92 Å². The van der Waals surface area contributed by atoms with Crippen molar-refractivity contribution in [1.29, 1.82) is 0 Å². The van der Waals surface area contributed by atoms with E-state index in [0.29, 0.717) is 6.04 Å². The van der Waals surface area contributed by atoms with Crippen molar-refractivity contribution in [1.82, 2.24) is 5.32 Å². The molecule has 1 fully saturated rings. The van der Waals surface area contributed by atoms with Crippen LogP contribution in [0.25, 0.3) is 0 Å². The van der Waals surface area contributed by atoms with E-state index in [9.17, 15) is 0 Å². The summed E-state index contributed by atoms with van der Waals surface area (Å²) >= 11 is 0. The van der Waals surface area contributed by atoms with Crippen LogP contribution in [0.2, 0.25) is 0 Å². The van der Waals surface area contributed by atoms with Gasteiger partial charge >= 0.3 is 0 Å². The summed E-state index contributed by atoms with van der Waals surface area (Å²) in [5.41, 5.74) is 3.12. The van der Waals surface area contributed by atoms with E-state index in [0.717, 1.165) is 12.0 Å². The van der Waals surface area contributed by atoms with E-state index < -0.39 is 0 Å². The molecule has 2 aliphatic rings. The van der Waals surface area contributed by atoms with E-state index in [1.165, 1.54) is 32.1 Å². The number of fused-ring (bicyclic) bond motifs is 1. The SMILES string of the molecule is CCC(NC1CCc2ccccc21)C1CC1. The quantitative estimate of drug-likeness (QED) is 0.811. The first-order chi connectivity index (χ1) is 7.88. The van der Waals surface area contributed by atoms with Crippen LogP contribution in [0.15, 0.2) is 24.3 Å². The Morgan fingerprint density at radius 2 is 2.06 bits per heavy atom. The van der Waals surface area contributed by atoms with Gasteiger partial charge in [-0.15, -0.1) is 0 Å². The third-order valence-electron chi connectivity index (χ3n) is 4.18. The normalized spacial score (nSPS) is 25.4. The second-order valence-corrected chi connectivity index (χ2v) is 5.31. The zero-order chi connectivity index (χ0) is 11.0. The first-order valence-corrected chi connectivity index (χ1v) is 6.72. The van der Waals surface area contributed by atoms with Gasteiger partial charge in [0.1, 0.15) is 0 Å². The van der Waals surface area contributed by atoms with Gasteiger partial charge in [-0.25, -0.2) is 0 Å².